The van der Waals surface area contributed by atoms with Crippen molar-refractivity contribution in [3.8, 4) is 0 Å². The summed E-state index contributed by atoms with van der Waals surface area (Å²) >= 11 is 0. The van der Waals surface area contributed by atoms with Crippen LogP contribution < -0.4 is 16.4 Å². The van der Waals surface area contributed by atoms with E-state index in [4.69, 9.17) is 10.5 Å². The first-order chi connectivity index (χ1) is 17.5. The molecule has 3 aliphatic rings. The number of likely N-dealkylation sites (tertiary alicyclic amines) is 2. The number of rotatable bonds is 5. The van der Waals surface area contributed by atoms with E-state index < -0.39 is 0 Å². The van der Waals surface area contributed by atoms with E-state index in [-0.39, 0.29) is 17.5 Å². The van der Waals surface area contributed by atoms with Gasteiger partial charge in [-0.3, -0.25) is 4.79 Å². The van der Waals surface area contributed by atoms with E-state index in [0.717, 1.165) is 56.7 Å². The molecule has 8 heteroatoms. The van der Waals surface area contributed by atoms with Crippen molar-refractivity contribution in [2.24, 2.45) is 0 Å². The quantitative estimate of drug-likeness (QED) is 0.554. The molecular weight excluding hydrogens is 454 g/mol. The van der Waals surface area contributed by atoms with Gasteiger partial charge in [0.1, 0.15) is 12.4 Å². The van der Waals surface area contributed by atoms with E-state index in [1.54, 1.807) is 12.1 Å². The number of carbonyl (C=O) groups is 2. The van der Waals surface area contributed by atoms with Crippen LogP contribution in [0.2, 0.25) is 0 Å². The number of ether oxygens (including phenoxy) is 1. The van der Waals surface area contributed by atoms with Gasteiger partial charge in [0.25, 0.3) is 5.91 Å². The van der Waals surface area contributed by atoms with E-state index in [0.29, 0.717) is 30.1 Å². The highest BCUT2D eigenvalue weighted by molar-refractivity contribution is 6.05. The van der Waals surface area contributed by atoms with Gasteiger partial charge < -0.3 is 30.9 Å². The lowest BCUT2D eigenvalue weighted by Crippen LogP contribution is -2.54. The molecule has 36 heavy (non-hydrogen) atoms. The molecule has 2 aromatic rings. The van der Waals surface area contributed by atoms with Gasteiger partial charge in [0, 0.05) is 37.3 Å². The van der Waals surface area contributed by atoms with Gasteiger partial charge in [0.15, 0.2) is 0 Å². The molecule has 2 saturated heterocycles. The van der Waals surface area contributed by atoms with Crippen LogP contribution in [0.25, 0.3) is 0 Å². The summed E-state index contributed by atoms with van der Waals surface area (Å²) in [5, 5.41) is 6.27. The fourth-order valence-electron chi connectivity index (χ4n) is 5.37. The highest BCUT2D eigenvalue weighted by Crippen LogP contribution is 2.39. The van der Waals surface area contributed by atoms with Gasteiger partial charge in [-0.1, -0.05) is 42.5 Å². The van der Waals surface area contributed by atoms with E-state index in [1.807, 2.05) is 59.5 Å². The van der Waals surface area contributed by atoms with Crippen molar-refractivity contribution >= 4 is 23.4 Å². The molecule has 2 fully saturated rings. The van der Waals surface area contributed by atoms with Gasteiger partial charge in [-0.2, -0.15) is 0 Å². The van der Waals surface area contributed by atoms with Crippen LogP contribution in [0.1, 0.15) is 31.2 Å². The Hall–Kier alpha value is -3.94. The van der Waals surface area contributed by atoms with Crippen molar-refractivity contribution < 1.29 is 14.3 Å². The summed E-state index contributed by atoms with van der Waals surface area (Å²) in [6.07, 6.45) is 7.44. The van der Waals surface area contributed by atoms with Crippen molar-refractivity contribution in [2.45, 2.75) is 37.8 Å². The zero-order valence-corrected chi connectivity index (χ0v) is 20.4. The average molecular weight is 488 g/mol. The van der Waals surface area contributed by atoms with Crippen LogP contribution in [-0.4, -0.2) is 53.5 Å². The lowest BCUT2D eigenvalue weighted by Gasteiger charge is -2.45. The van der Waals surface area contributed by atoms with E-state index in [9.17, 15) is 9.59 Å². The number of dihydropyridines is 1. The lowest BCUT2D eigenvalue weighted by molar-refractivity contribution is -0.112. The largest absolute Gasteiger partial charge is 0.445 e. The fourth-order valence-corrected chi connectivity index (χ4v) is 5.37. The molecule has 8 nitrogen and oxygen atoms in total. The summed E-state index contributed by atoms with van der Waals surface area (Å²) in [6.45, 7) is 3.19. The second kappa shape index (κ2) is 10.4. The van der Waals surface area contributed by atoms with Crippen LogP contribution in [0.5, 0.6) is 0 Å². The summed E-state index contributed by atoms with van der Waals surface area (Å²) in [6, 6.07) is 17.0. The Balaban J connectivity index is 1.16. The number of nitrogens with two attached hydrogens (primary N) is 1. The minimum atomic E-state index is -0.211. The average Bonchev–Trinajstić information content (AvgIpc) is 3.32. The van der Waals surface area contributed by atoms with Crippen molar-refractivity contribution in [2.75, 3.05) is 37.2 Å². The zero-order valence-electron chi connectivity index (χ0n) is 20.4. The van der Waals surface area contributed by atoms with Gasteiger partial charge in [0.05, 0.1) is 11.4 Å². The maximum absolute atomic E-state index is 12.9. The Bertz CT molecular complexity index is 1170. The zero-order chi connectivity index (χ0) is 25.0. The SMILES string of the molecule is Nc1ccccc1NC(=O)C1=CC=C(N2CCC3(CCCN3C(=O)OCc3ccccc3)CC2)NC1. The van der Waals surface area contributed by atoms with Crippen molar-refractivity contribution in [1.29, 1.82) is 0 Å². The van der Waals surface area contributed by atoms with Crippen LogP contribution in [0.4, 0.5) is 16.2 Å². The second-order valence-corrected chi connectivity index (χ2v) is 9.65. The number of amides is 2. The van der Waals surface area contributed by atoms with Crippen LogP contribution in [-0.2, 0) is 16.1 Å². The maximum atomic E-state index is 12.9. The molecule has 5 rings (SSSR count). The molecule has 1 spiro atoms. The molecule has 2 aromatic carbocycles. The predicted octanol–water partition coefficient (Wildman–Crippen LogP) is 3.85. The summed E-state index contributed by atoms with van der Waals surface area (Å²) < 4.78 is 5.66. The minimum Gasteiger partial charge on any atom is -0.445 e. The van der Waals surface area contributed by atoms with Crippen LogP contribution in [0.15, 0.2) is 78.1 Å². The number of nitrogens with zero attached hydrogens (tertiary/aromatic N) is 2. The Morgan fingerprint density at radius 3 is 2.44 bits per heavy atom. The first kappa shape index (κ1) is 23.8. The Kier molecular flexibility index (Phi) is 6.84. The molecule has 188 valence electrons. The van der Waals surface area contributed by atoms with E-state index >= 15 is 0 Å². The number of piperidine rings is 1. The topological polar surface area (TPSA) is 99.9 Å². The second-order valence-electron chi connectivity index (χ2n) is 9.65. The predicted molar refractivity (Wildman–Crippen MR) is 140 cm³/mol. The molecule has 0 aromatic heterocycles. The number of hydrogen-bond donors (Lipinski definition) is 3. The Labute approximate surface area is 211 Å². The van der Waals surface area contributed by atoms with Crippen LogP contribution >= 0.6 is 0 Å². The monoisotopic (exact) mass is 487 g/mol. The molecule has 3 heterocycles. The number of anilines is 2. The number of nitrogens with one attached hydrogen (secondary N) is 2. The molecule has 4 N–H and O–H groups in total. The molecule has 0 bridgehead atoms. The van der Waals surface area contributed by atoms with Gasteiger partial charge in [0.2, 0.25) is 0 Å². The van der Waals surface area contributed by atoms with E-state index in [2.05, 4.69) is 15.5 Å². The number of nitrogen functional groups attached to an aromatic ring is 1. The number of allylic oxidation sites excluding steroid dienone is 2. The number of benzene rings is 2. The lowest BCUT2D eigenvalue weighted by atomic mass is 9.85. The summed E-state index contributed by atoms with van der Waals surface area (Å²) in [4.78, 5) is 29.9. The first-order valence-electron chi connectivity index (χ1n) is 12.6. The third kappa shape index (κ3) is 5.03. The first-order valence-corrected chi connectivity index (χ1v) is 12.6. The molecule has 0 unspecified atom stereocenters. The fraction of sp³-hybridized carbons (Fsp3) is 0.357. The normalized spacial score (nSPS) is 18.8. The number of carbonyl (C=O) groups excluding carboxylic acids is 2. The minimum absolute atomic E-state index is 0.129. The third-order valence-electron chi connectivity index (χ3n) is 7.46. The standard InChI is InChI=1S/C28H33N5O3/c29-23-9-4-5-10-24(23)31-26(34)22-11-12-25(30-19-22)32-17-14-28(15-18-32)13-6-16-33(28)27(35)36-20-21-7-2-1-3-8-21/h1-5,7-12,30H,6,13-20,29H2,(H,31,34). The van der Waals surface area contributed by atoms with Gasteiger partial charge in [-0.25, -0.2) is 4.79 Å². The van der Waals surface area contributed by atoms with Gasteiger partial charge >= 0.3 is 6.09 Å². The maximum Gasteiger partial charge on any atom is 0.410 e. The van der Waals surface area contributed by atoms with Gasteiger partial charge in [-0.05, 0) is 55.5 Å². The van der Waals surface area contributed by atoms with Crippen molar-refractivity contribution in [3.63, 3.8) is 0 Å². The van der Waals surface area contributed by atoms with Crippen molar-refractivity contribution in [1.82, 2.24) is 15.1 Å². The smallest absolute Gasteiger partial charge is 0.410 e. The summed E-state index contributed by atoms with van der Waals surface area (Å²) in [5.74, 6) is 0.848. The van der Waals surface area contributed by atoms with E-state index in [1.165, 1.54) is 0 Å². The Morgan fingerprint density at radius 1 is 0.972 bits per heavy atom. The van der Waals surface area contributed by atoms with Crippen molar-refractivity contribution in [3.05, 3.63) is 83.7 Å². The molecule has 3 aliphatic heterocycles. The Morgan fingerprint density at radius 2 is 1.72 bits per heavy atom. The molecular formula is C28H33N5O3. The van der Waals surface area contributed by atoms with Gasteiger partial charge in [-0.15, -0.1) is 0 Å². The molecule has 0 saturated carbocycles. The number of hydrogen-bond acceptors (Lipinski definition) is 6. The molecule has 0 aliphatic carbocycles. The third-order valence-corrected chi connectivity index (χ3v) is 7.46. The molecule has 0 atom stereocenters. The summed E-state index contributed by atoms with van der Waals surface area (Å²) in [7, 11) is 0. The molecule has 0 radical (unpaired) electrons. The summed E-state index contributed by atoms with van der Waals surface area (Å²) in [5.41, 5.74) is 8.61. The number of para-hydroxylation sites is 2. The van der Waals surface area contributed by atoms with Crippen LogP contribution in [0, 0.1) is 0 Å². The highest BCUT2D eigenvalue weighted by atomic mass is 16.6. The van der Waals surface area contributed by atoms with Crippen LogP contribution in [0.3, 0.4) is 0 Å². The molecule has 2 amide bonds. The highest BCUT2D eigenvalue weighted by Gasteiger charge is 2.46.